The SMILES string of the molecule is COc1cc(/C=N/NS(=O)(=O)c2cccs2)cc([N+](=O)[O-])c1OCc1ccccc1. The summed E-state index contributed by atoms with van der Waals surface area (Å²) in [7, 11) is -2.44. The van der Waals surface area contributed by atoms with Crippen LogP contribution in [0.25, 0.3) is 0 Å². The minimum absolute atomic E-state index is 0.0253. The van der Waals surface area contributed by atoms with Crippen LogP contribution in [0.5, 0.6) is 11.5 Å². The Labute approximate surface area is 176 Å². The first-order chi connectivity index (χ1) is 14.4. The Morgan fingerprint density at radius 3 is 2.60 bits per heavy atom. The topological polar surface area (TPSA) is 120 Å². The highest BCUT2D eigenvalue weighted by Crippen LogP contribution is 2.38. The summed E-state index contributed by atoms with van der Waals surface area (Å²) in [4.78, 5) is 13.0. The lowest BCUT2D eigenvalue weighted by molar-refractivity contribution is -0.386. The predicted octanol–water partition coefficient (Wildman–Crippen LogP) is 3.56. The fourth-order valence-corrected chi connectivity index (χ4v) is 4.25. The summed E-state index contributed by atoms with van der Waals surface area (Å²) >= 11 is 1.04. The summed E-state index contributed by atoms with van der Waals surface area (Å²) in [6, 6.07) is 14.9. The van der Waals surface area contributed by atoms with Crippen molar-refractivity contribution in [2.24, 2.45) is 5.10 Å². The fraction of sp³-hybridized carbons (Fsp3) is 0.105. The normalized spacial score (nSPS) is 11.4. The Morgan fingerprint density at radius 2 is 1.97 bits per heavy atom. The van der Waals surface area contributed by atoms with Gasteiger partial charge in [0, 0.05) is 11.6 Å². The lowest BCUT2D eigenvalue weighted by Gasteiger charge is -2.12. The monoisotopic (exact) mass is 447 g/mol. The molecule has 1 aromatic heterocycles. The third kappa shape index (κ3) is 5.13. The minimum Gasteiger partial charge on any atom is -0.493 e. The number of nitro groups is 1. The molecule has 0 atom stereocenters. The molecule has 0 spiro atoms. The van der Waals surface area contributed by atoms with Gasteiger partial charge in [0.25, 0.3) is 10.0 Å². The van der Waals surface area contributed by atoms with Crippen LogP contribution in [0.15, 0.2) is 69.3 Å². The van der Waals surface area contributed by atoms with Gasteiger partial charge in [0.1, 0.15) is 10.8 Å². The van der Waals surface area contributed by atoms with Gasteiger partial charge in [0.05, 0.1) is 18.2 Å². The Kier molecular flexibility index (Phi) is 6.65. The van der Waals surface area contributed by atoms with Gasteiger partial charge in [0.2, 0.25) is 5.75 Å². The number of nitrogens with zero attached hydrogens (tertiary/aromatic N) is 2. The van der Waals surface area contributed by atoms with Gasteiger partial charge in [-0.3, -0.25) is 10.1 Å². The van der Waals surface area contributed by atoms with Crippen LogP contribution in [0.2, 0.25) is 0 Å². The molecule has 11 heteroatoms. The molecule has 3 rings (SSSR count). The number of hydrazone groups is 1. The maximum atomic E-state index is 12.1. The van der Waals surface area contributed by atoms with Crippen LogP contribution < -0.4 is 14.3 Å². The van der Waals surface area contributed by atoms with Crippen LogP contribution in [-0.2, 0) is 16.6 Å². The van der Waals surface area contributed by atoms with Crippen molar-refractivity contribution in [2.45, 2.75) is 10.8 Å². The molecule has 0 aliphatic rings. The second-order valence-corrected chi connectivity index (χ2v) is 8.72. The molecule has 3 aromatic rings. The van der Waals surface area contributed by atoms with Crippen LogP contribution in [0.4, 0.5) is 5.69 Å². The highest BCUT2D eigenvalue weighted by Gasteiger charge is 2.22. The summed E-state index contributed by atoms with van der Waals surface area (Å²) in [5.74, 6) is 0.102. The van der Waals surface area contributed by atoms with E-state index >= 15 is 0 Å². The molecule has 0 aliphatic heterocycles. The number of benzene rings is 2. The first-order valence-corrected chi connectivity index (χ1v) is 10.9. The number of rotatable bonds is 9. The second kappa shape index (κ2) is 9.37. The van der Waals surface area contributed by atoms with Crippen LogP contribution in [-0.4, -0.2) is 26.7 Å². The molecule has 9 nitrogen and oxygen atoms in total. The van der Waals surface area contributed by atoms with E-state index in [0.717, 1.165) is 23.1 Å². The molecule has 0 radical (unpaired) electrons. The van der Waals surface area contributed by atoms with Gasteiger partial charge in [-0.25, -0.2) is 0 Å². The summed E-state index contributed by atoms with van der Waals surface area (Å²) in [5, 5.41) is 16.9. The molecule has 30 heavy (non-hydrogen) atoms. The highest BCUT2D eigenvalue weighted by molar-refractivity contribution is 7.91. The quantitative estimate of drug-likeness (QED) is 0.304. The summed E-state index contributed by atoms with van der Waals surface area (Å²) in [5.41, 5.74) is 0.773. The Morgan fingerprint density at radius 1 is 1.20 bits per heavy atom. The number of ether oxygens (including phenoxy) is 2. The molecule has 2 aromatic carbocycles. The Bertz CT molecular complexity index is 1150. The summed E-state index contributed by atoms with van der Waals surface area (Å²) in [6.07, 6.45) is 1.15. The predicted molar refractivity (Wildman–Crippen MR) is 113 cm³/mol. The van der Waals surface area contributed by atoms with E-state index < -0.39 is 14.9 Å². The molecule has 0 bridgehead atoms. The average Bonchev–Trinajstić information content (AvgIpc) is 3.28. The van der Waals surface area contributed by atoms with E-state index in [1.54, 1.807) is 11.4 Å². The molecular formula is C19H17N3O6S2. The second-order valence-electron chi connectivity index (χ2n) is 5.89. The summed E-state index contributed by atoms with van der Waals surface area (Å²) in [6.45, 7) is 0.117. The molecule has 0 amide bonds. The van der Waals surface area contributed by atoms with E-state index in [-0.39, 0.29) is 33.6 Å². The zero-order valence-electron chi connectivity index (χ0n) is 15.7. The van der Waals surface area contributed by atoms with Crippen LogP contribution >= 0.6 is 11.3 Å². The summed E-state index contributed by atoms with van der Waals surface area (Å²) < 4.78 is 35.2. The van der Waals surface area contributed by atoms with E-state index in [0.29, 0.717) is 0 Å². The van der Waals surface area contributed by atoms with Gasteiger partial charge in [-0.15, -0.1) is 11.3 Å². The van der Waals surface area contributed by atoms with Crippen LogP contribution in [0.3, 0.4) is 0 Å². The molecule has 0 fully saturated rings. The van der Waals surface area contributed by atoms with Gasteiger partial charge in [-0.05, 0) is 23.1 Å². The van der Waals surface area contributed by atoms with Crippen molar-refractivity contribution in [2.75, 3.05) is 7.11 Å². The van der Waals surface area contributed by atoms with Gasteiger partial charge in [0.15, 0.2) is 5.75 Å². The van der Waals surface area contributed by atoms with Gasteiger partial charge in [-0.2, -0.15) is 18.4 Å². The molecule has 0 saturated heterocycles. The van der Waals surface area contributed by atoms with Crippen molar-refractivity contribution in [1.29, 1.82) is 0 Å². The van der Waals surface area contributed by atoms with Crippen LogP contribution in [0, 0.1) is 10.1 Å². The highest BCUT2D eigenvalue weighted by atomic mass is 32.2. The third-order valence-electron chi connectivity index (χ3n) is 3.85. The number of sulfonamides is 1. The van der Waals surface area contributed by atoms with E-state index in [9.17, 15) is 18.5 Å². The first kappa shape index (κ1) is 21.3. The van der Waals surface area contributed by atoms with Crippen LogP contribution in [0.1, 0.15) is 11.1 Å². The number of hydrogen-bond donors (Lipinski definition) is 1. The molecule has 0 unspecified atom stereocenters. The first-order valence-electron chi connectivity index (χ1n) is 8.52. The lowest BCUT2D eigenvalue weighted by atomic mass is 10.1. The smallest absolute Gasteiger partial charge is 0.315 e. The van der Waals surface area contributed by atoms with Gasteiger partial charge in [-0.1, -0.05) is 36.4 Å². The third-order valence-corrected chi connectivity index (χ3v) is 6.47. The number of methoxy groups -OCH3 is 1. The average molecular weight is 447 g/mol. The Balaban J connectivity index is 1.84. The van der Waals surface area contributed by atoms with Crippen molar-refractivity contribution in [3.63, 3.8) is 0 Å². The van der Waals surface area contributed by atoms with Gasteiger partial charge >= 0.3 is 5.69 Å². The van der Waals surface area contributed by atoms with E-state index in [4.69, 9.17) is 9.47 Å². The zero-order valence-corrected chi connectivity index (χ0v) is 17.4. The lowest BCUT2D eigenvalue weighted by Crippen LogP contribution is -2.17. The van der Waals surface area contributed by atoms with E-state index in [1.807, 2.05) is 30.3 Å². The van der Waals surface area contributed by atoms with Crippen molar-refractivity contribution in [1.82, 2.24) is 4.83 Å². The van der Waals surface area contributed by atoms with Crippen molar-refractivity contribution >= 4 is 33.3 Å². The van der Waals surface area contributed by atoms with E-state index in [1.165, 1.54) is 25.3 Å². The van der Waals surface area contributed by atoms with Crippen molar-refractivity contribution < 1.29 is 22.8 Å². The largest absolute Gasteiger partial charge is 0.493 e. The van der Waals surface area contributed by atoms with Gasteiger partial charge < -0.3 is 9.47 Å². The number of thiophene rings is 1. The molecular weight excluding hydrogens is 430 g/mol. The Hall–Kier alpha value is -3.44. The number of nitro benzene ring substituents is 1. The van der Waals surface area contributed by atoms with Crippen molar-refractivity contribution in [3.05, 3.63) is 81.2 Å². The number of hydrogen-bond acceptors (Lipinski definition) is 8. The number of nitrogens with one attached hydrogen (secondary N) is 1. The zero-order chi connectivity index (χ0) is 21.6. The maximum absolute atomic E-state index is 12.1. The standard InChI is InChI=1S/C19H17N3O6S2/c1-27-17-11-15(12-20-21-30(25,26)18-8-5-9-29-18)10-16(22(23)24)19(17)28-13-14-6-3-2-4-7-14/h2-12,21H,13H2,1H3/b20-12+. The van der Waals surface area contributed by atoms with E-state index in [2.05, 4.69) is 9.93 Å². The fourth-order valence-electron chi connectivity index (χ4n) is 2.48. The van der Waals surface area contributed by atoms with Crippen molar-refractivity contribution in [3.8, 4) is 11.5 Å². The molecule has 1 heterocycles. The minimum atomic E-state index is -3.80. The maximum Gasteiger partial charge on any atom is 0.315 e. The molecule has 1 N–H and O–H groups in total. The molecule has 0 saturated carbocycles. The molecule has 156 valence electrons. The molecule has 0 aliphatic carbocycles.